The molecule has 0 bridgehead atoms. The number of thioether (sulfide) groups is 1. The molecular formula is C16H25NO7S2. The van der Waals surface area contributed by atoms with Crippen LogP contribution < -0.4 is 5.32 Å². The smallest absolute Gasteiger partial charge is 0.371 e. The summed E-state index contributed by atoms with van der Waals surface area (Å²) in [6, 6.07) is -1.15. The molecule has 1 amide bonds. The summed E-state index contributed by atoms with van der Waals surface area (Å²) in [5.74, 6) is -2.46. The lowest BCUT2D eigenvalue weighted by Gasteiger charge is -2.24. The van der Waals surface area contributed by atoms with Crippen molar-refractivity contribution in [2.75, 3.05) is 12.5 Å². The van der Waals surface area contributed by atoms with Crippen LogP contribution in [-0.4, -0.2) is 51.6 Å². The molecule has 8 nitrogen and oxygen atoms in total. The van der Waals surface area contributed by atoms with E-state index in [2.05, 4.69) is 17.9 Å². The summed E-state index contributed by atoms with van der Waals surface area (Å²) in [6.45, 7) is 2.41. The van der Waals surface area contributed by atoms with Crippen molar-refractivity contribution in [1.82, 2.24) is 5.32 Å². The van der Waals surface area contributed by atoms with E-state index >= 15 is 0 Å². The van der Waals surface area contributed by atoms with Crippen LogP contribution in [-0.2, 0) is 23.9 Å². The fourth-order valence-electron chi connectivity index (χ4n) is 2.39. The number of hydrogen-bond acceptors (Lipinski definition) is 8. The molecule has 0 aromatic rings. The van der Waals surface area contributed by atoms with Crippen molar-refractivity contribution >= 4 is 47.5 Å². The first-order chi connectivity index (χ1) is 12.2. The van der Waals surface area contributed by atoms with Crippen molar-refractivity contribution in [3.8, 4) is 0 Å². The van der Waals surface area contributed by atoms with Gasteiger partial charge in [-0.1, -0.05) is 19.3 Å². The monoisotopic (exact) mass is 407 g/mol. The lowest BCUT2D eigenvalue weighted by Crippen LogP contribution is -2.49. The van der Waals surface area contributed by atoms with E-state index < -0.39 is 34.8 Å². The molecule has 0 unspecified atom stereocenters. The fourth-order valence-corrected chi connectivity index (χ4v) is 3.32. The lowest BCUT2D eigenvalue weighted by molar-refractivity contribution is -0.157. The molecule has 0 aliphatic heterocycles. The summed E-state index contributed by atoms with van der Waals surface area (Å²) >= 11 is 4.44. The minimum absolute atomic E-state index is 0.0800. The van der Waals surface area contributed by atoms with Gasteiger partial charge in [0.15, 0.2) is 0 Å². The number of hydrogen-bond donors (Lipinski definition) is 3. The fraction of sp³-hybridized carbons (Fsp3) is 0.750. The second kappa shape index (κ2) is 10.7. The Labute approximate surface area is 162 Å². The van der Waals surface area contributed by atoms with Crippen LogP contribution in [0.15, 0.2) is 0 Å². The second-order valence-corrected chi connectivity index (χ2v) is 8.39. The van der Waals surface area contributed by atoms with Crippen LogP contribution in [0.4, 0.5) is 4.79 Å². The molecule has 1 rings (SSSR count). The summed E-state index contributed by atoms with van der Waals surface area (Å²) in [6.07, 6.45) is 4.66. The van der Waals surface area contributed by atoms with Crippen LogP contribution in [0.5, 0.6) is 0 Å². The number of carboxylic acids is 1. The molecule has 1 fully saturated rings. The van der Waals surface area contributed by atoms with Gasteiger partial charge in [-0.25, -0.2) is 9.59 Å². The van der Waals surface area contributed by atoms with Gasteiger partial charge in [-0.2, -0.15) is 12.6 Å². The molecule has 1 aliphatic rings. The molecule has 26 heavy (non-hydrogen) atoms. The molecule has 0 spiro atoms. The number of esters is 1. The van der Waals surface area contributed by atoms with Crippen LogP contribution in [0.2, 0.25) is 0 Å². The molecule has 148 valence electrons. The highest BCUT2D eigenvalue weighted by molar-refractivity contribution is 8.15. The van der Waals surface area contributed by atoms with E-state index in [1.165, 1.54) is 13.8 Å². The number of amides is 1. The molecule has 0 heterocycles. The van der Waals surface area contributed by atoms with Gasteiger partial charge in [0.2, 0.25) is 12.7 Å². The summed E-state index contributed by atoms with van der Waals surface area (Å²) in [4.78, 5) is 46.8. The van der Waals surface area contributed by atoms with Gasteiger partial charge in [-0.3, -0.25) is 9.59 Å². The Morgan fingerprint density at radius 3 is 2.35 bits per heavy atom. The highest BCUT2D eigenvalue weighted by Gasteiger charge is 2.35. The Hall–Kier alpha value is -1.42. The van der Waals surface area contributed by atoms with Crippen molar-refractivity contribution in [3.63, 3.8) is 0 Å². The quantitative estimate of drug-likeness (QED) is 0.318. The standard InChI is InChI=1S/C16H25NO7S2/c1-16(2,14(21)17-11(8-25)12(18)19)26-15(22)24-9-23-13(20)10-6-4-3-5-7-10/h10-11,25H,3-9H2,1-2H3,(H,17,21)(H,18,19)/t11-/m0/s1. The Morgan fingerprint density at radius 2 is 1.81 bits per heavy atom. The number of carbonyl (C=O) groups excluding carboxylic acids is 3. The highest BCUT2D eigenvalue weighted by atomic mass is 32.2. The third kappa shape index (κ3) is 7.45. The maximum Gasteiger partial charge on any atom is 0.371 e. The summed E-state index contributed by atoms with van der Waals surface area (Å²) in [5.41, 5.74) is 0. The third-order valence-corrected chi connectivity index (χ3v) is 5.33. The molecule has 2 N–H and O–H groups in total. The van der Waals surface area contributed by atoms with E-state index in [-0.39, 0.29) is 17.6 Å². The maximum absolute atomic E-state index is 12.1. The molecule has 10 heteroatoms. The van der Waals surface area contributed by atoms with Gasteiger partial charge in [0.1, 0.15) is 6.04 Å². The molecule has 1 saturated carbocycles. The highest BCUT2D eigenvalue weighted by Crippen LogP contribution is 2.27. The first kappa shape index (κ1) is 22.6. The Balaban J connectivity index is 2.38. The van der Waals surface area contributed by atoms with Crippen LogP contribution in [0.3, 0.4) is 0 Å². The van der Waals surface area contributed by atoms with Crippen LogP contribution in [0.1, 0.15) is 46.0 Å². The second-order valence-electron chi connectivity index (χ2n) is 6.47. The van der Waals surface area contributed by atoms with Crippen molar-refractivity contribution in [3.05, 3.63) is 0 Å². The van der Waals surface area contributed by atoms with Gasteiger partial charge in [0.25, 0.3) is 0 Å². The third-order valence-electron chi connectivity index (χ3n) is 3.99. The number of thiol groups is 1. The molecular weight excluding hydrogens is 382 g/mol. The molecule has 0 saturated heterocycles. The van der Waals surface area contributed by atoms with E-state index in [0.29, 0.717) is 11.8 Å². The van der Waals surface area contributed by atoms with Gasteiger partial charge < -0.3 is 19.9 Å². The number of ether oxygens (including phenoxy) is 2. The van der Waals surface area contributed by atoms with Gasteiger partial charge in [0, 0.05) is 5.75 Å². The zero-order valence-electron chi connectivity index (χ0n) is 14.9. The number of aliphatic carboxylic acids is 1. The van der Waals surface area contributed by atoms with E-state index in [1.54, 1.807) is 0 Å². The Bertz CT molecular complexity index is 533. The summed E-state index contributed by atoms with van der Waals surface area (Å²) in [5, 5.41) is 10.4. The lowest BCUT2D eigenvalue weighted by atomic mass is 9.89. The number of rotatable bonds is 8. The zero-order valence-corrected chi connectivity index (χ0v) is 16.6. The van der Waals surface area contributed by atoms with Crippen LogP contribution in [0.25, 0.3) is 0 Å². The number of carboxylic acid groups (broad SMARTS) is 1. The minimum atomic E-state index is -1.26. The van der Waals surface area contributed by atoms with E-state index in [0.717, 1.165) is 32.1 Å². The Kier molecular flexibility index (Phi) is 9.28. The number of carbonyl (C=O) groups is 4. The van der Waals surface area contributed by atoms with Gasteiger partial charge in [-0.15, -0.1) is 0 Å². The molecule has 1 aliphatic carbocycles. The molecule has 0 aromatic heterocycles. The summed E-state index contributed by atoms with van der Waals surface area (Å²) in [7, 11) is 0. The Morgan fingerprint density at radius 1 is 1.19 bits per heavy atom. The van der Waals surface area contributed by atoms with Crippen molar-refractivity contribution < 1.29 is 33.8 Å². The van der Waals surface area contributed by atoms with Crippen molar-refractivity contribution in [2.24, 2.45) is 5.92 Å². The average Bonchev–Trinajstić information content (AvgIpc) is 2.59. The average molecular weight is 408 g/mol. The first-order valence-electron chi connectivity index (χ1n) is 8.34. The maximum atomic E-state index is 12.1. The topological polar surface area (TPSA) is 119 Å². The van der Waals surface area contributed by atoms with Gasteiger partial charge in [-0.05, 0) is 38.5 Å². The number of nitrogens with one attached hydrogen (secondary N) is 1. The molecule has 1 atom stereocenters. The normalized spacial score (nSPS) is 16.4. The molecule has 0 aromatic carbocycles. The van der Waals surface area contributed by atoms with Crippen LogP contribution >= 0.6 is 24.4 Å². The van der Waals surface area contributed by atoms with Crippen LogP contribution in [0, 0.1) is 5.92 Å². The first-order valence-corrected chi connectivity index (χ1v) is 9.79. The largest absolute Gasteiger partial charge is 0.480 e. The van der Waals surface area contributed by atoms with Gasteiger partial charge >= 0.3 is 17.2 Å². The predicted octanol–water partition coefficient (Wildman–Crippen LogP) is 2.22. The predicted molar refractivity (Wildman–Crippen MR) is 99.1 cm³/mol. The van der Waals surface area contributed by atoms with Crippen molar-refractivity contribution in [1.29, 1.82) is 0 Å². The van der Waals surface area contributed by atoms with Gasteiger partial charge in [0.05, 0.1) is 10.7 Å². The minimum Gasteiger partial charge on any atom is -0.480 e. The molecule has 0 radical (unpaired) electrons. The van der Waals surface area contributed by atoms with E-state index in [1.807, 2.05) is 0 Å². The zero-order chi connectivity index (χ0) is 19.7. The summed E-state index contributed by atoms with van der Waals surface area (Å²) < 4.78 is 8.53. The van der Waals surface area contributed by atoms with Crippen molar-refractivity contribution in [2.45, 2.75) is 56.7 Å². The van der Waals surface area contributed by atoms with E-state index in [9.17, 15) is 19.2 Å². The van der Waals surface area contributed by atoms with E-state index in [4.69, 9.17) is 14.6 Å². The SMILES string of the molecule is CC(C)(SC(=O)OCOC(=O)C1CCCCC1)C(=O)N[C@@H](CS)C(=O)O.